The summed E-state index contributed by atoms with van der Waals surface area (Å²) in [5.74, 6) is -2.13. The van der Waals surface area contributed by atoms with Gasteiger partial charge in [-0.3, -0.25) is 4.79 Å². The predicted molar refractivity (Wildman–Crippen MR) is 63.3 cm³/mol. The third kappa shape index (κ3) is 5.48. The van der Waals surface area contributed by atoms with E-state index in [2.05, 4.69) is 4.74 Å². The molecule has 0 spiro atoms. The Hall–Kier alpha value is -1.27. The zero-order valence-corrected chi connectivity index (χ0v) is 10.5. The van der Waals surface area contributed by atoms with Crippen molar-refractivity contribution in [2.24, 2.45) is 0 Å². The van der Waals surface area contributed by atoms with Crippen molar-refractivity contribution >= 4 is 17.6 Å². The first-order valence-corrected chi connectivity index (χ1v) is 5.81. The minimum Gasteiger partial charge on any atom is -0.481 e. The largest absolute Gasteiger partial charge is 0.481 e. The summed E-state index contributed by atoms with van der Waals surface area (Å²) in [5.41, 5.74) is 0.368. The number of hydrogen-bond donors (Lipinski definition) is 1. The molecule has 1 unspecified atom stereocenters. The van der Waals surface area contributed by atoms with E-state index in [1.165, 1.54) is 12.1 Å². The second-order valence-corrected chi connectivity index (χ2v) is 4.28. The average molecular weight is 297 g/mol. The van der Waals surface area contributed by atoms with Gasteiger partial charge in [-0.1, -0.05) is 29.8 Å². The molecule has 0 aromatic heterocycles. The van der Waals surface area contributed by atoms with Gasteiger partial charge in [-0.2, -0.15) is 13.2 Å². The van der Waals surface area contributed by atoms with E-state index in [1.54, 1.807) is 12.1 Å². The first kappa shape index (κ1) is 15.8. The highest BCUT2D eigenvalue weighted by Gasteiger charge is 2.28. The van der Waals surface area contributed by atoms with E-state index in [1.807, 2.05) is 0 Å². The Bertz CT molecular complexity index is 434. The molecule has 0 saturated carbocycles. The smallest absolute Gasteiger partial charge is 0.411 e. The molecule has 0 fully saturated rings. The van der Waals surface area contributed by atoms with Crippen LogP contribution in [0.15, 0.2) is 24.3 Å². The monoisotopic (exact) mass is 296 g/mol. The Balaban J connectivity index is 2.60. The Morgan fingerprint density at radius 1 is 1.37 bits per heavy atom. The molecule has 7 heteroatoms. The van der Waals surface area contributed by atoms with Gasteiger partial charge in [0.05, 0.1) is 5.92 Å². The van der Waals surface area contributed by atoms with Crippen LogP contribution >= 0.6 is 11.6 Å². The molecule has 0 bridgehead atoms. The molecule has 1 N–H and O–H groups in total. The Kier molecular flexibility index (Phi) is 5.62. The highest BCUT2D eigenvalue weighted by atomic mass is 35.5. The number of alkyl halides is 3. The maximum atomic E-state index is 11.9. The molecule has 0 saturated heterocycles. The van der Waals surface area contributed by atoms with Crippen molar-refractivity contribution in [2.75, 3.05) is 13.2 Å². The fraction of sp³-hybridized carbons (Fsp3) is 0.417. The molecule has 1 atom stereocenters. The van der Waals surface area contributed by atoms with E-state index >= 15 is 0 Å². The van der Waals surface area contributed by atoms with Gasteiger partial charge in [0.1, 0.15) is 6.61 Å². The van der Waals surface area contributed by atoms with Crippen molar-refractivity contribution in [1.82, 2.24) is 0 Å². The molecule has 106 valence electrons. The Morgan fingerprint density at radius 2 is 2.00 bits per heavy atom. The summed E-state index contributed by atoms with van der Waals surface area (Å²) in [4.78, 5) is 11.1. The maximum Gasteiger partial charge on any atom is 0.411 e. The van der Waals surface area contributed by atoms with Crippen LogP contribution in [0.4, 0.5) is 13.2 Å². The average Bonchev–Trinajstić information content (AvgIpc) is 2.29. The number of carboxylic acids is 1. The van der Waals surface area contributed by atoms with E-state index in [-0.39, 0.29) is 18.1 Å². The van der Waals surface area contributed by atoms with E-state index in [0.717, 1.165) is 0 Å². The van der Waals surface area contributed by atoms with Crippen LogP contribution in [0.5, 0.6) is 0 Å². The fourth-order valence-electron chi connectivity index (χ4n) is 1.56. The van der Waals surface area contributed by atoms with Gasteiger partial charge in [-0.25, -0.2) is 0 Å². The maximum absolute atomic E-state index is 11.9. The number of ether oxygens (including phenoxy) is 1. The van der Waals surface area contributed by atoms with Crippen LogP contribution in [-0.4, -0.2) is 30.5 Å². The van der Waals surface area contributed by atoms with Crippen molar-refractivity contribution in [3.05, 3.63) is 34.9 Å². The lowest BCUT2D eigenvalue weighted by Gasteiger charge is -2.14. The third-order valence-corrected chi connectivity index (χ3v) is 2.74. The normalized spacial score (nSPS) is 13.3. The molecular weight excluding hydrogens is 285 g/mol. The first-order valence-electron chi connectivity index (χ1n) is 5.43. The van der Waals surface area contributed by atoms with Gasteiger partial charge in [-0.15, -0.1) is 0 Å². The molecule has 0 aliphatic rings. The number of rotatable bonds is 6. The number of aliphatic carboxylic acids is 1. The van der Waals surface area contributed by atoms with Gasteiger partial charge in [0, 0.05) is 11.6 Å². The van der Waals surface area contributed by atoms with Crippen LogP contribution in [-0.2, 0) is 9.53 Å². The van der Waals surface area contributed by atoms with Crippen LogP contribution < -0.4 is 0 Å². The van der Waals surface area contributed by atoms with Crippen molar-refractivity contribution < 1.29 is 27.8 Å². The summed E-state index contributed by atoms with van der Waals surface area (Å²) in [6.45, 7) is -1.69. The Morgan fingerprint density at radius 3 is 2.53 bits per heavy atom. The van der Waals surface area contributed by atoms with E-state index in [0.29, 0.717) is 5.56 Å². The number of carboxylic acid groups (broad SMARTS) is 1. The number of halogens is 4. The molecule has 19 heavy (non-hydrogen) atoms. The SMILES string of the molecule is O=C(O)C(CCOCC(F)(F)F)c1ccccc1Cl. The van der Waals surface area contributed by atoms with Crippen LogP contribution in [0.2, 0.25) is 5.02 Å². The van der Waals surface area contributed by atoms with Gasteiger partial charge in [0.25, 0.3) is 0 Å². The van der Waals surface area contributed by atoms with E-state index in [9.17, 15) is 18.0 Å². The lowest BCUT2D eigenvalue weighted by atomic mass is 9.96. The summed E-state index contributed by atoms with van der Waals surface area (Å²) >= 11 is 5.86. The van der Waals surface area contributed by atoms with E-state index in [4.69, 9.17) is 16.7 Å². The van der Waals surface area contributed by atoms with Crippen molar-refractivity contribution in [3.8, 4) is 0 Å². The fourth-order valence-corrected chi connectivity index (χ4v) is 1.83. The van der Waals surface area contributed by atoms with Crippen LogP contribution in [0.3, 0.4) is 0 Å². The lowest BCUT2D eigenvalue weighted by molar-refractivity contribution is -0.174. The number of hydrogen-bond acceptors (Lipinski definition) is 2. The first-order chi connectivity index (χ1) is 8.81. The summed E-state index contributed by atoms with van der Waals surface area (Å²) in [5, 5.41) is 9.34. The second-order valence-electron chi connectivity index (χ2n) is 3.87. The summed E-state index contributed by atoms with van der Waals surface area (Å²) in [6.07, 6.45) is -4.49. The number of benzene rings is 1. The van der Waals surface area contributed by atoms with Gasteiger partial charge in [0.2, 0.25) is 0 Å². The highest BCUT2D eigenvalue weighted by Crippen LogP contribution is 2.27. The Labute approximate surface area is 112 Å². The zero-order chi connectivity index (χ0) is 14.5. The second kappa shape index (κ2) is 6.77. The lowest BCUT2D eigenvalue weighted by Crippen LogP contribution is -2.20. The quantitative estimate of drug-likeness (QED) is 0.818. The highest BCUT2D eigenvalue weighted by molar-refractivity contribution is 6.31. The van der Waals surface area contributed by atoms with Gasteiger partial charge in [0.15, 0.2) is 0 Å². The van der Waals surface area contributed by atoms with Crippen LogP contribution in [0, 0.1) is 0 Å². The molecule has 0 radical (unpaired) electrons. The van der Waals surface area contributed by atoms with Crippen LogP contribution in [0.1, 0.15) is 17.9 Å². The molecule has 0 amide bonds. The van der Waals surface area contributed by atoms with Crippen molar-refractivity contribution in [3.63, 3.8) is 0 Å². The minimum absolute atomic E-state index is 0.0743. The molecule has 3 nitrogen and oxygen atoms in total. The predicted octanol–water partition coefficient (Wildman–Crippen LogP) is 3.48. The number of carbonyl (C=O) groups is 1. The summed E-state index contributed by atoms with van der Waals surface area (Å²) < 4.78 is 40.0. The summed E-state index contributed by atoms with van der Waals surface area (Å²) in [6, 6.07) is 6.33. The standard InChI is InChI=1S/C12H12ClF3O3/c13-10-4-2-1-3-8(10)9(11(17)18)5-6-19-7-12(14,15)16/h1-4,9H,5-7H2,(H,17,18). The van der Waals surface area contributed by atoms with Crippen molar-refractivity contribution in [1.29, 1.82) is 0 Å². The van der Waals surface area contributed by atoms with Gasteiger partial charge < -0.3 is 9.84 Å². The molecule has 0 aliphatic heterocycles. The minimum atomic E-state index is -4.41. The summed E-state index contributed by atoms with van der Waals surface area (Å²) in [7, 11) is 0. The zero-order valence-electron chi connectivity index (χ0n) is 9.78. The molecule has 1 aromatic rings. The van der Waals surface area contributed by atoms with Gasteiger partial charge >= 0.3 is 12.1 Å². The molecule has 0 aliphatic carbocycles. The topological polar surface area (TPSA) is 46.5 Å². The third-order valence-electron chi connectivity index (χ3n) is 2.40. The van der Waals surface area contributed by atoms with E-state index < -0.39 is 24.7 Å². The molecule has 0 heterocycles. The molecular formula is C12H12ClF3O3. The molecule has 1 rings (SSSR count). The van der Waals surface area contributed by atoms with Crippen LogP contribution in [0.25, 0.3) is 0 Å². The molecule has 1 aromatic carbocycles. The van der Waals surface area contributed by atoms with Crippen molar-refractivity contribution in [2.45, 2.75) is 18.5 Å². The van der Waals surface area contributed by atoms with Gasteiger partial charge in [-0.05, 0) is 18.1 Å².